The lowest BCUT2D eigenvalue weighted by atomic mass is 9.96. The summed E-state index contributed by atoms with van der Waals surface area (Å²) in [5.74, 6) is 0. The van der Waals surface area contributed by atoms with Crippen LogP contribution in [0.5, 0.6) is 0 Å². The Hall–Kier alpha value is -4.08. The number of benzene rings is 4. The van der Waals surface area contributed by atoms with Crippen LogP contribution in [0.2, 0.25) is 10.0 Å². The quantitative estimate of drug-likeness (QED) is 0.146. The second kappa shape index (κ2) is 17.7. The lowest BCUT2D eigenvalue weighted by Crippen LogP contribution is -2.50. The number of amides is 2. The van der Waals surface area contributed by atoms with Gasteiger partial charge in [0, 0.05) is 62.4 Å². The first kappa shape index (κ1) is 35.7. The number of piperazine rings is 2. The molecule has 0 saturated carbocycles. The van der Waals surface area contributed by atoms with Crippen molar-refractivity contribution in [1.29, 1.82) is 0 Å². The van der Waals surface area contributed by atoms with Gasteiger partial charge < -0.3 is 19.3 Å². The summed E-state index contributed by atoms with van der Waals surface area (Å²) in [5.41, 5.74) is 4.76. The van der Waals surface area contributed by atoms with Gasteiger partial charge in [0.15, 0.2) is 0 Å². The van der Waals surface area contributed by atoms with Crippen LogP contribution in [0.3, 0.4) is 0 Å². The Bertz CT molecular complexity index is 1520. The van der Waals surface area contributed by atoms with E-state index in [9.17, 15) is 9.59 Å². The van der Waals surface area contributed by atoms with E-state index in [0.717, 1.165) is 26.2 Å². The summed E-state index contributed by atoms with van der Waals surface area (Å²) in [4.78, 5) is 34.0. The standard InChI is InChI=1S/C40H44Cl2N4O4/c41-35-17-13-33(14-18-35)37(31-9-3-1-4-10-31)43-21-25-45(26-22-43)39(47)49-29-7-8-30-50-40(48)46-27-23-44(24-28-46)38(32-11-5-2-6-12-32)34-15-19-36(42)20-16-34/h1-6,9-20,37-38H,7-8,21-30H2. The number of unbranched alkanes of at least 4 members (excludes halogenated alkanes) is 1. The van der Waals surface area contributed by atoms with Crippen LogP contribution in [0.25, 0.3) is 0 Å². The Morgan fingerprint density at radius 3 is 1.14 bits per heavy atom. The number of carbonyl (C=O) groups is 2. The zero-order valence-corrected chi connectivity index (χ0v) is 29.7. The SMILES string of the molecule is O=C(OCCCCOC(=O)N1CCN(C(c2ccccc2)c2ccc(Cl)cc2)CC1)N1CCN(C(c2ccccc2)c2ccc(Cl)cc2)CC1. The summed E-state index contributed by atoms with van der Waals surface area (Å²) in [6.07, 6.45) is 0.655. The van der Waals surface area contributed by atoms with Gasteiger partial charge in [0.1, 0.15) is 0 Å². The Kier molecular flexibility index (Phi) is 12.7. The van der Waals surface area contributed by atoms with Gasteiger partial charge in [0.25, 0.3) is 0 Å². The van der Waals surface area contributed by atoms with Crippen LogP contribution in [0.15, 0.2) is 109 Å². The molecule has 4 aromatic rings. The van der Waals surface area contributed by atoms with Gasteiger partial charge in [-0.25, -0.2) is 9.59 Å². The highest BCUT2D eigenvalue weighted by Crippen LogP contribution is 2.32. The Morgan fingerprint density at radius 1 is 0.480 bits per heavy atom. The molecular formula is C40H44Cl2N4O4. The predicted octanol–water partition coefficient (Wildman–Crippen LogP) is 8.16. The van der Waals surface area contributed by atoms with E-state index in [2.05, 4.69) is 82.6 Å². The Labute approximate surface area is 305 Å². The molecule has 0 radical (unpaired) electrons. The smallest absolute Gasteiger partial charge is 0.409 e. The number of ether oxygens (including phenoxy) is 2. The molecule has 0 aromatic heterocycles. The van der Waals surface area contributed by atoms with E-state index in [-0.39, 0.29) is 37.5 Å². The van der Waals surface area contributed by atoms with E-state index in [1.807, 2.05) is 36.4 Å². The fourth-order valence-corrected chi connectivity index (χ4v) is 7.07. The molecule has 0 aliphatic carbocycles. The summed E-state index contributed by atoms with van der Waals surface area (Å²) in [7, 11) is 0. The van der Waals surface area contributed by atoms with Gasteiger partial charge in [-0.3, -0.25) is 9.80 Å². The van der Waals surface area contributed by atoms with E-state index < -0.39 is 0 Å². The molecule has 0 N–H and O–H groups in total. The third-order valence-electron chi connectivity index (χ3n) is 9.47. The largest absolute Gasteiger partial charge is 0.449 e. The maximum absolute atomic E-state index is 12.8. The lowest BCUT2D eigenvalue weighted by molar-refractivity contribution is 0.0596. The predicted molar refractivity (Wildman–Crippen MR) is 198 cm³/mol. The molecule has 4 aromatic carbocycles. The molecule has 2 saturated heterocycles. The molecule has 0 bridgehead atoms. The van der Waals surface area contributed by atoms with Crippen LogP contribution < -0.4 is 0 Å². The van der Waals surface area contributed by atoms with Crippen LogP contribution in [0.1, 0.15) is 47.2 Å². The monoisotopic (exact) mass is 714 g/mol. The highest BCUT2D eigenvalue weighted by atomic mass is 35.5. The van der Waals surface area contributed by atoms with Gasteiger partial charge in [0.05, 0.1) is 25.3 Å². The third-order valence-corrected chi connectivity index (χ3v) is 9.97. The number of halogens is 2. The van der Waals surface area contributed by atoms with Crippen molar-refractivity contribution >= 4 is 35.4 Å². The van der Waals surface area contributed by atoms with Gasteiger partial charge in [-0.1, -0.05) is 108 Å². The second-order valence-electron chi connectivity index (χ2n) is 12.7. The highest BCUT2D eigenvalue weighted by Gasteiger charge is 2.30. The normalized spacial score (nSPS) is 16.8. The average Bonchev–Trinajstić information content (AvgIpc) is 3.16. The van der Waals surface area contributed by atoms with Crippen LogP contribution in [0.4, 0.5) is 9.59 Å². The van der Waals surface area contributed by atoms with Crippen molar-refractivity contribution < 1.29 is 19.1 Å². The molecule has 2 amide bonds. The zero-order chi connectivity index (χ0) is 34.7. The molecule has 262 valence electrons. The number of rotatable bonds is 11. The molecule has 2 aliphatic heterocycles. The van der Waals surface area contributed by atoms with Crippen molar-refractivity contribution in [3.63, 3.8) is 0 Å². The van der Waals surface area contributed by atoms with Crippen molar-refractivity contribution in [1.82, 2.24) is 19.6 Å². The Morgan fingerprint density at radius 2 is 0.800 bits per heavy atom. The minimum atomic E-state index is -0.297. The van der Waals surface area contributed by atoms with Crippen molar-refractivity contribution in [3.05, 3.63) is 141 Å². The molecule has 2 fully saturated rings. The van der Waals surface area contributed by atoms with Gasteiger partial charge in [-0.05, 0) is 59.4 Å². The molecular weight excluding hydrogens is 671 g/mol. The maximum Gasteiger partial charge on any atom is 0.409 e. The topological polar surface area (TPSA) is 65.6 Å². The maximum atomic E-state index is 12.8. The van der Waals surface area contributed by atoms with Gasteiger partial charge >= 0.3 is 12.2 Å². The molecule has 10 heteroatoms. The molecule has 2 atom stereocenters. The summed E-state index contributed by atoms with van der Waals surface area (Å²) in [6.45, 7) is 5.87. The minimum Gasteiger partial charge on any atom is -0.449 e. The molecule has 0 spiro atoms. The first-order chi connectivity index (χ1) is 24.5. The summed E-state index contributed by atoms with van der Waals surface area (Å²) >= 11 is 12.3. The molecule has 50 heavy (non-hydrogen) atoms. The number of carbonyl (C=O) groups excluding carboxylic acids is 2. The van der Waals surface area contributed by atoms with Crippen molar-refractivity contribution in [2.24, 2.45) is 0 Å². The first-order valence-corrected chi connectivity index (χ1v) is 18.1. The zero-order valence-electron chi connectivity index (χ0n) is 28.2. The summed E-state index contributed by atoms with van der Waals surface area (Å²) in [6, 6.07) is 37.0. The van der Waals surface area contributed by atoms with Crippen molar-refractivity contribution in [2.45, 2.75) is 24.9 Å². The van der Waals surface area contributed by atoms with E-state index in [1.165, 1.54) is 22.3 Å². The number of nitrogens with zero attached hydrogens (tertiary/aromatic N) is 4. The van der Waals surface area contributed by atoms with E-state index in [4.69, 9.17) is 32.7 Å². The number of hydrogen-bond acceptors (Lipinski definition) is 6. The summed E-state index contributed by atoms with van der Waals surface area (Å²) in [5, 5.41) is 1.42. The lowest BCUT2D eigenvalue weighted by Gasteiger charge is -2.39. The molecule has 2 aliphatic rings. The minimum absolute atomic E-state index is 0.0822. The van der Waals surface area contributed by atoms with E-state index >= 15 is 0 Å². The van der Waals surface area contributed by atoms with Crippen LogP contribution >= 0.6 is 23.2 Å². The third kappa shape index (κ3) is 9.37. The number of hydrogen-bond donors (Lipinski definition) is 0. The van der Waals surface area contributed by atoms with Gasteiger partial charge in [0.2, 0.25) is 0 Å². The van der Waals surface area contributed by atoms with Gasteiger partial charge in [-0.15, -0.1) is 0 Å². The van der Waals surface area contributed by atoms with Gasteiger partial charge in [-0.2, -0.15) is 0 Å². The van der Waals surface area contributed by atoms with E-state index in [1.54, 1.807) is 9.80 Å². The average molecular weight is 716 g/mol. The highest BCUT2D eigenvalue weighted by molar-refractivity contribution is 6.30. The molecule has 2 unspecified atom stereocenters. The molecule has 6 rings (SSSR count). The summed E-state index contributed by atoms with van der Waals surface area (Å²) < 4.78 is 11.2. The fourth-order valence-electron chi connectivity index (χ4n) is 6.82. The van der Waals surface area contributed by atoms with Crippen LogP contribution in [0, 0.1) is 0 Å². The van der Waals surface area contributed by atoms with Crippen molar-refractivity contribution in [3.8, 4) is 0 Å². The van der Waals surface area contributed by atoms with Crippen molar-refractivity contribution in [2.75, 3.05) is 65.6 Å². The van der Waals surface area contributed by atoms with E-state index in [0.29, 0.717) is 49.1 Å². The molecule has 2 heterocycles. The van der Waals surface area contributed by atoms with Crippen LogP contribution in [-0.2, 0) is 9.47 Å². The van der Waals surface area contributed by atoms with Crippen LogP contribution in [-0.4, -0.2) is 97.4 Å². The first-order valence-electron chi connectivity index (χ1n) is 17.4. The molecule has 8 nitrogen and oxygen atoms in total. The Balaban J connectivity index is 0.890. The second-order valence-corrected chi connectivity index (χ2v) is 13.6. The fraction of sp³-hybridized carbons (Fsp3) is 0.350.